The van der Waals surface area contributed by atoms with E-state index >= 15 is 0 Å². The number of para-hydroxylation sites is 1. The van der Waals surface area contributed by atoms with Gasteiger partial charge in [0.05, 0.1) is 29.8 Å². The van der Waals surface area contributed by atoms with E-state index < -0.39 is 0 Å². The molecule has 154 valence electrons. The fourth-order valence-electron chi connectivity index (χ4n) is 3.08. The lowest BCUT2D eigenvalue weighted by Crippen LogP contribution is -2.25. The van der Waals surface area contributed by atoms with Crippen molar-refractivity contribution >= 4 is 22.7 Å². The fraction of sp³-hybridized carbons (Fsp3) is 0.273. The zero-order valence-corrected chi connectivity index (χ0v) is 17.7. The molecule has 0 fully saturated rings. The smallest absolute Gasteiger partial charge is 0.262 e. The number of thioether (sulfide) groups is 1. The molecule has 4 rings (SSSR count). The molecule has 0 atom stereocenters. The van der Waals surface area contributed by atoms with Crippen LogP contribution in [0.2, 0.25) is 0 Å². The summed E-state index contributed by atoms with van der Waals surface area (Å²) in [4.78, 5) is 22.1. The van der Waals surface area contributed by atoms with Crippen molar-refractivity contribution in [3.63, 3.8) is 0 Å². The third-order valence-corrected chi connectivity index (χ3v) is 5.72. The van der Waals surface area contributed by atoms with Crippen molar-refractivity contribution in [2.75, 3.05) is 13.7 Å². The van der Waals surface area contributed by atoms with E-state index in [9.17, 15) is 4.79 Å². The second kappa shape index (κ2) is 9.23. The van der Waals surface area contributed by atoms with Crippen LogP contribution in [0.3, 0.4) is 0 Å². The molecule has 30 heavy (non-hydrogen) atoms. The van der Waals surface area contributed by atoms with Gasteiger partial charge in [-0.1, -0.05) is 60.2 Å². The van der Waals surface area contributed by atoms with Gasteiger partial charge < -0.3 is 9.26 Å². The first-order valence-corrected chi connectivity index (χ1v) is 10.7. The molecule has 0 N–H and O–H groups in total. The van der Waals surface area contributed by atoms with Crippen LogP contribution in [0, 0.1) is 0 Å². The summed E-state index contributed by atoms with van der Waals surface area (Å²) in [7, 11) is 1.61. The molecule has 0 saturated heterocycles. The van der Waals surface area contributed by atoms with E-state index in [-0.39, 0.29) is 5.56 Å². The number of aryl methyl sites for hydroxylation is 1. The molecule has 0 amide bonds. The second-order valence-corrected chi connectivity index (χ2v) is 7.65. The first kappa shape index (κ1) is 20.3. The Balaban J connectivity index is 1.57. The van der Waals surface area contributed by atoms with Crippen molar-refractivity contribution in [1.82, 2.24) is 19.7 Å². The fourth-order valence-corrected chi connectivity index (χ4v) is 3.95. The lowest BCUT2D eigenvalue weighted by Gasteiger charge is -2.11. The Hall–Kier alpha value is -2.97. The summed E-state index contributed by atoms with van der Waals surface area (Å²) >= 11 is 1.39. The van der Waals surface area contributed by atoms with Gasteiger partial charge in [-0.15, -0.1) is 0 Å². The highest BCUT2D eigenvalue weighted by Gasteiger charge is 2.14. The van der Waals surface area contributed by atoms with Crippen LogP contribution < -0.4 is 5.56 Å². The number of aromatic nitrogens is 4. The number of rotatable bonds is 8. The van der Waals surface area contributed by atoms with E-state index in [4.69, 9.17) is 9.26 Å². The Morgan fingerprint density at radius 2 is 1.90 bits per heavy atom. The third kappa shape index (κ3) is 4.29. The zero-order chi connectivity index (χ0) is 20.9. The van der Waals surface area contributed by atoms with Crippen molar-refractivity contribution < 1.29 is 9.26 Å². The highest BCUT2D eigenvalue weighted by Crippen LogP contribution is 2.23. The standard InChI is InChI=1S/C22H22N4O3S/c1-3-15-8-10-16(11-9-15)20-24-19(29-25-20)14-30-22-23-18-7-5-4-6-17(18)21(27)26(22)12-13-28-2/h4-11H,3,12-14H2,1-2H3. The summed E-state index contributed by atoms with van der Waals surface area (Å²) in [6.07, 6.45) is 0.984. The van der Waals surface area contributed by atoms with Gasteiger partial charge in [0.1, 0.15) is 0 Å². The number of fused-ring (bicyclic) bond motifs is 1. The topological polar surface area (TPSA) is 83.0 Å². The van der Waals surface area contributed by atoms with E-state index in [2.05, 4.69) is 34.2 Å². The maximum atomic E-state index is 12.9. The minimum Gasteiger partial charge on any atom is -0.383 e. The van der Waals surface area contributed by atoms with Gasteiger partial charge in [0.25, 0.3) is 5.56 Å². The Labute approximate surface area is 178 Å². The van der Waals surface area contributed by atoms with Crippen LogP contribution in [-0.4, -0.2) is 33.4 Å². The van der Waals surface area contributed by atoms with Gasteiger partial charge >= 0.3 is 0 Å². The number of nitrogens with zero attached hydrogens (tertiary/aromatic N) is 4. The predicted molar refractivity (Wildman–Crippen MR) is 117 cm³/mol. The molecule has 2 aromatic carbocycles. The maximum Gasteiger partial charge on any atom is 0.262 e. The molecule has 2 heterocycles. The molecule has 0 saturated carbocycles. The van der Waals surface area contributed by atoms with E-state index in [0.717, 1.165) is 12.0 Å². The summed E-state index contributed by atoms with van der Waals surface area (Å²) in [5, 5.41) is 5.28. The van der Waals surface area contributed by atoms with E-state index in [1.54, 1.807) is 17.7 Å². The Bertz CT molecular complexity index is 1200. The number of benzene rings is 2. The largest absolute Gasteiger partial charge is 0.383 e. The van der Waals surface area contributed by atoms with Gasteiger partial charge in [-0.05, 0) is 24.1 Å². The summed E-state index contributed by atoms with van der Waals surface area (Å²) in [6.45, 7) is 2.96. The summed E-state index contributed by atoms with van der Waals surface area (Å²) in [5.41, 5.74) is 2.76. The molecule has 0 bridgehead atoms. The number of hydrogen-bond acceptors (Lipinski definition) is 7. The quantitative estimate of drug-likeness (QED) is 0.314. The number of methoxy groups -OCH3 is 1. The highest BCUT2D eigenvalue weighted by molar-refractivity contribution is 7.98. The molecule has 0 aliphatic carbocycles. The summed E-state index contributed by atoms with van der Waals surface area (Å²) in [5.74, 6) is 1.45. The van der Waals surface area contributed by atoms with Crippen molar-refractivity contribution in [3.05, 3.63) is 70.3 Å². The Morgan fingerprint density at radius 3 is 2.67 bits per heavy atom. The van der Waals surface area contributed by atoms with Gasteiger partial charge in [0, 0.05) is 12.7 Å². The molecule has 7 nitrogen and oxygen atoms in total. The monoisotopic (exact) mass is 422 g/mol. The molecule has 8 heteroatoms. The first-order valence-electron chi connectivity index (χ1n) is 9.72. The lowest BCUT2D eigenvalue weighted by molar-refractivity contribution is 0.183. The summed E-state index contributed by atoms with van der Waals surface area (Å²) in [6, 6.07) is 15.5. The molecule has 0 aliphatic heterocycles. The van der Waals surface area contributed by atoms with Crippen LogP contribution in [0.5, 0.6) is 0 Å². The van der Waals surface area contributed by atoms with Gasteiger partial charge in [-0.3, -0.25) is 9.36 Å². The van der Waals surface area contributed by atoms with Crippen molar-refractivity contribution in [3.8, 4) is 11.4 Å². The molecule has 2 aromatic heterocycles. The van der Waals surface area contributed by atoms with E-state index in [1.165, 1.54) is 17.3 Å². The predicted octanol–water partition coefficient (Wildman–Crippen LogP) is 3.95. The van der Waals surface area contributed by atoms with E-state index in [0.29, 0.717) is 46.7 Å². The van der Waals surface area contributed by atoms with Crippen molar-refractivity contribution in [1.29, 1.82) is 0 Å². The maximum absolute atomic E-state index is 12.9. The lowest BCUT2D eigenvalue weighted by atomic mass is 10.1. The molecule has 0 unspecified atom stereocenters. The number of ether oxygens (including phenoxy) is 1. The minimum atomic E-state index is -0.0811. The Kier molecular flexibility index (Phi) is 6.25. The minimum absolute atomic E-state index is 0.0811. The van der Waals surface area contributed by atoms with Crippen LogP contribution >= 0.6 is 11.8 Å². The van der Waals surface area contributed by atoms with Crippen LogP contribution in [0.1, 0.15) is 18.4 Å². The summed E-state index contributed by atoms with van der Waals surface area (Å²) < 4.78 is 12.2. The molecule has 0 radical (unpaired) electrons. The third-order valence-electron chi connectivity index (χ3n) is 4.76. The highest BCUT2D eigenvalue weighted by atomic mass is 32.2. The van der Waals surface area contributed by atoms with Gasteiger partial charge in [0.2, 0.25) is 11.7 Å². The number of hydrogen-bond donors (Lipinski definition) is 0. The van der Waals surface area contributed by atoms with Gasteiger partial charge in [-0.2, -0.15) is 4.98 Å². The van der Waals surface area contributed by atoms with Crippen molar-refractivity contribution in [2.45, 2.75) is 30.8 Å². The van der Waals surface area contributed by atoms with Gasteiger partial charge in [0.15, 0.2) is 5.16 Å². The average Bonchev–Trinajstić information content (AvgIpc) is 3.26. The molecular weight excluding hydrogens is 400 g/mol. The van der Waals surface area contributed by atoms with Crippen LogP contribution in [0.15, 0.2) is 63.0 Å². The van der Waals surface area contributed by atoms with Gasteiger partial charge in [-0.25, -0.2) is 4.98 Å². The van der Waals surface area contributed by atoms with Crippen LogP contribution in [0.4, 0.5) is 0 Å². The normalized spacial score (nSPS) is 11.3. The van der Waals surface area contributed by atoms with E-state index in [1.807, 2.05) is 30.3 Å². The second-order valence-electron chi connectivity index (χ2n) is 6.71. The SMILES string of the molecule is CCc1ccc(-c2noc(CSc3nc4ccccc4c(=O)n3CCOC)n2)cc1. The van der Waals surface area contributed by atoms with Crippen LogP contribution in [-0.2, 0) is 23.5 Å². The molecule has 0 aliphatic rings. The van der Waals surface area contributed by atoms with Crippen molar-refractivity contribution in [2.24, 2.45) is 0 Å². The zero-order valence-electron chi connectivity index (χ0n) is 16.9. The first-order chi connectivity index (χ1) is 14.7. The molecular formula is C22H22N4O3S. The Morgan fingerprint density at radius 1 is 1.10 bits per heavy atom. The molecule has 4 aromatic rings. The average molecular weight is 423 g/mol. The molecule has 0 spiro atoms. The van der Waals surface area contributed by atoms with Crippen LogP contribution in [0.25, 0.3) is 22.3 Å².